The van der Waals surface area contributed by atoms with Crippen LogP contribution in [0.5, 0.6) is 0 Å². The fourth-order valence-electron chi connectivity index (χ4n) is 3.75. The maximum atomic E-state index is 4.28. The number of hydrogen-bond donors (Lipinski definition) is 1. The van der Waals surface area contributed by atoms with Crippen LogP contribution in [0.2, 0.25) is 0 Å². The third-order valence-electron chi connectivity index (χ3n) is 4.61. The van der Waals surface area contributed by atoms with Gasteiger partial charge in [-0.25, -0.2) is 0 Å². The number of anilines is 1. The zero-order valence-corrected chi connectivity index (χ0v) is 11.6. The SMILES string of the molecule is CCN(c1cncc2nnnn12)C1CC2CCC(C1)N2. The average molecular weight is 273 g/mol. The average Bonchev–Trinajstić information content (AvgIpc) is 3.07. The summed E-state index contributed by atoms with van der Waals surface area (Å²) in [7, 11) is 0. The van der Waals surface area contributed by atoms with E-state index in [1.54, 1.807) is 10.7 Å². The molecule has 2 aromatic heterocycles. The molecule has 2 aromatic rings. The summed E-state index contributed by atoms with van der Waals surface area (Å²) >= 11 is 0. The normalized spacial score (nSPS) is 28.9. The Labute approximate surface area is 117 Å². The molecule has 0 aliphatic carbocycles. The molecule has 0 saturated carbocycles. The van der Waals surface area contributed by atoms with Crippen molar-refractivity contribution in [2.45, 2.75) is 50.7 Å². The molecular formula is C13H19N7. The van der Waals surface area contributed by atoms with Crippen LogP contribution in [0.15, 0.2) is 12.4 Å². The Bertz CT molecular complexity index is 598. The van der Waals surface area contributed by atoms with Gasteiger partial charge >= 0.3 is 0 Å². The van der Waals surface area contributed by atoms with Crippen LogP contribution in [-0.4, -0.2) is 49.7 Å². The molecule has 2 unspecified atom stereocenters. The lowest BCUT2D eigenvalue weighted by molar-refractivity contribution is 0.347. The highest BCUT2D eigenvalue weighted by Gasteiger charge is 2.36. The van der Waals surface area contributed by atoms with Crippen LogP contribution in [0, 0.1) is 0 Å². The van der Waals surface area contributed by atoms with E-state index in [1.165, 1.54) is 25.7 Å². The summed E-state index contributed by atoms with van der Waals surface area (Å²) in [5.74, 6) is 1.00. The first-order valence-corrected chi connectivity index (χ1v) is 7.40. The van der Waals surface area contributed by atoms with E-state index in [0.717, 1.165) is 12.4 Å². The van der Waals surface area contributed by atoms with Crippen LogP contribution in [0.4, 0.5) is 5.82 Å². The van der Waals surface area contributed by atoms with Gasteiger partial charge in [0, 0.05) is 24.7 Å². The van der Waals surface area contributed by atoms with Crippen molar-refractivity contribution < 1.29 is 0 Å². The van der Waals surface area contributed by atoms with Crippen molar-refractivity contribution in [3.8, 4) is 0 Å². The minimum Gasteiger partial charge on any atom is -0.352 e. The van der Waals surface area contributed by atoms with Crippen molar-refractivity contribution in [1.82, 2.24) is 30.3 Å². The molecule has 2 saturated heterocycles. The Kier molecular flexibility index (Phi) is 2.80. The number of piperidine rings is 1. The lowest BCUT2D eigenvalue weighted by Crippen LogP contribution is -2.48. The molecule has 20 heavy (non-hydrogen) atoms. The van der Waals surface area contributed by atoms with Crippen molar-refractivity contribution in [3.63, 3.8) is 0 Å². The van der Waals surface area contributed by atoms with E-state index < -0.39 is 0 Å². The molecule has 4 heterocycles. The minimum absolute atomic E-state index is 0.551. The molecule has 4 rings (SSSR count). The zero-order chi connectivity index (χ0) is 13.5. The first kappa shape index (κ1) is 12.0. The van der Waals surface area contributed by atoms with Crippen molar-refractivity contribution in [2.75, 3.05) is 11.4 Å². The minimum atomic E-state index is 0.551. The van der Waals surface area contributed by atoms with E-state index in [0.29, 0.717) is 23.8 Å². The summed E-state index contributed by atoms with van der Waals surface area (Å²) in [5.41, 5.74) is 0.706. The molecule has 0 radical (unpaired) electrons. The number of nitrogens with zero attached hydrogens (tertiary/aromatic N) is 6. The first-order chi connectivity index (χ1) is 9.85. The smallest absolute Gasteiger partial charge is 0.199 e. The predicted molar refractivity (Wildman–Crippen MR) is 74.6 cm³/mol. The standard InChI is InChI=1S/C13H19N7/c1-2-19(11-5-9-3-4-10(6-11)15-9)13-8-14-7-12-16-17-18-20(12)13/h7-11,15H,2-6H2,1H3. The number of hydrogen-bond acceptors (Lipinski definition) is 6. The zero-order valence-electron chi connectivity index (χ0n) is 11.6. The van der Waals surface area contributed by atoms with E-state index in [9.17, 15) is 0 Å². The highest BCUT2D eigenvalue weighted by molar-refractivity contribution is 5.47. The second-order valence-electron chi connectivity index (χ2n) is 5.76. The van der Waals surface area contributed by atoms with Gasteiger partial charge in [-0.05, 0) is 43.0 Å². The largest absolute Gasteiger partial charge is 0.352 e. The second kappa shape index (κ2) is 4.66. The van der Waals surface area contributed by atoms with E-state index in [4.69, 9.17) is 0 Å². The fourth-order valence-corrected chi connectivity index (χ4v) is 3.75. The van der Waals surface area contributed by atoms with E-state index >= 15 is 0 Å². The second-order valence-corrected chi connectivity index (χ2v) is 5.76. The highest BCUT2D eigenvalue weighted by atomic mass is 15.5. The van der Waals surface area contributed by atoms with Crippen LogP contribution in [0.1, 0.15) is 32.6 Å². The maximum Gasteiger partial charge on any atom is 0.199 e. The number of aromatic nitrogens is 5. The van der Waals surface area contributed by atoms with Gasteiger partial charge in [0.1, 0.15) is 0 Å². The molecule has 2 aliphatic heterocycles. The van der Waals surface area contributed by atoms with Gasteiger partial charge < -0.3 is 10.2 Å². The van der Waals surface area contributed by atoms with Gasteiger partial charge in [0.05, 0.1) is 12.4 Å². The van der Waals surface area contributed by atoms with E-state index in [2.05, 4.69) is 37.6 Å². The number of fused-ring (bicyclic) bond motifs is 3. The Morgan fingerprint density at radius 2 is 2.10 bits per heavy atom. The number of nitrogens with one attached hydrogen (secondary N) is 1. The lowest BCUT2D eigenvalue weighted by atomic mass is 9.98. The Morgan fingerprint density at radius 3 is 2.85 bits per heavy atom. The molecule has 2 fully saturated rings. The van der Waals surface area contributed by atoms with Gasteiger partial charge in [0.2, 0.25) is 0 Å². The Balaban J connectivity index is 1.69. The van der Waals surface area contributed by atoms with Crippen LogP contribution in [-0.2, 0) is 0 Å². The quantitative estimate of drug-likeness (QED) is 0.884. The van der Waals surface area contributed by atoms with Gasteiger partial charge in [-0.15, -0.1) is 5.10 Å². The van der Waals surface area contributed by atoms with Crippen molar-refractivity contribution in [2.24, 2.45) is 0 Å². The van der Waals surface area contributed by atoms with Gasteiger partial charge in [0.15, 0.2) is 11.5 Å². The van der Waals surface area contributed by atoms with Crippen LogP contribution in [0.25, 0.3) is 5.65 Å². The summed E-state index contributed by atoms with van der Waals surface area (Å²) in [4.78, 5) is 6.69. The topological polar surface area (TPSA) is 71.2 Å². The Hall–Kier alpha value is -1.76. The summed E-state index contributed by atoms with van der Waals surface area (Å²) in [6.07, 6.45) is 8.59. The summed E-state index contributed by atoms with van der Waals surface area (Å²) in [6.45, 7) is 3.14. The highest BCUT2D eigenvalue weighted by Crippen LogP contribution is 2.31. The van der Waals surface area contributed by atoms with Crippen molar-refractivity contribution in [3.05, 3.63) is 12.4 Å². The van der Waals surface area contributed by atoms with E-state index in [-0.39, 0.29) is 0 Å². The molecule has 0 spiro atoms. The summed E-state index contributed by atoms with van der Waals surface area (Å²) < 4.78 is 1.79. The van der Waals surface area contributed by atoms with Gasteiger partial charge in [-0.2, -0.15) is 4.52 Å². The van der Waals surface area contributed by atoms with Gasteiger partial charge in [-0.3, -0.25) is 4.98 Å². The summed E-state index contributed by atoms with van der Waals surface area (Å²) in [6, 6.07) is 1.90. The van der Waals surface area contributed by atoms with Gasteiger partial charge in [0.25, 0.3) is 0 Å². The molecule has 2 atom stereocenters. The predicted octanol–water partition coefficient (Wildman–Crippen LogP) is 0.629. The number of tetrazole rings is 1. The molecule has 0 amide bonds. The molecule has 2 aliphatic rings. The maximum absolute atomic E-state index is 4.28. The molecule has 106 valence electrons. The van der Waals surface area contributed by atoms with Crippen LogP contribution >= 0.6 is 0 Å². The molecule has 1 N–H and O–H groups in total. The monoisotopic (exact) mass is 273 g/mol. The lowest BCUT2D eigenvalue weighted by Gasteiger charge is -2.38. The number of rotatable bonds is 3. The molecule has 7 heteroatoms. The van der Waals surface area contributed by atoms with Crippen molar-refractivity contribution in [1.29, 1.82) is 0 Å². The molecule has 0 aromatic carbocycles. The van der Waals surface area contributed by atoms with Crippen LogP contribution in [0.3, 0.4) is 0 Å². The van der Waals surface area contributed by atoms with Crippen LogP contribution < -0.4 is 10.2 Å². The fraction of sp³-hybridized carbons (Fsp3) is 0.692. The third-order valence-corrected chi connectivity index (χ3v) is 4.61. The molecule has 2 bridgehead atoms. The van der Waals surface area contributed by atoms with Gasteiger partial charge in [-0.1, -0.05) is 0 Å². The third kappa shape index (κ3) is 1.84. The van der Waals surface area contributed by atoms with E-state index in [1.807, 2.05) is 6.20 Å². The first-order valence-electron chi connectivity index (χ1n) is 7.40. The van der Waals surface area contributed by atoms with Crippen molar-refractivity contribution >= 4 is 11.5 Å². The molecular weight excluding hydrogens is 254 g/mol. The molecule has 7 nitrogen and oxygen atoms in total. The summed E-state index contributed by atoms with van der Waals surface area (Å²) in [5, 5.41) is 15.5. The Morgan fingerprint density at radius 1 is 1.30 bits per heavy atom.